The summed E-state index contributed by atoms with van der Waals surface area (Å²) in [5, 5.41) is 0. The molecule has 0 saturated heterocycles. The highest BCUT2D eigenvalue weighted by molar-refractivity contribution is 5.56. The van der Waals surface area contributed by atoms with E-state index in [1.165, 1.54) is 5.56 Å². The van der Waals surface area contributed by atoms with E-state index in [0.717, 1.165) is 11.8 Å². The van der Waals surface area contributed by atoms with Gasteiger partial charge >= 0.3 is 0 Å². The predicted molar refractivity (Wildman–Crippen MR) is 50.3 cm³/mol. The Morgan fingerprint density at radius 1 is 1.33 bits per heavy atom. The van der Waals surface area contributed by atoms with Crippen LogP contribution in [0.4, 0.5) is 0 Å². The third kappa shape index (κ3) is 1.94. The second-order valence-corrected chi connectivity index (χ2v) is 3.22. The molecule has 1 nitrogen and oxygen atoms in total. The molecule has 1 aromatic carbocycles. The van der Waals surface area contributed by atoms with Crippen molar-refractivity contribution < 1.29 is 4.79 Å². The Labute approximate surface area is 73.4 Å². The zero-order valence-corrected chi connectivity index (χ0v) is 7.58. The maximum atomic E-state index is 10.3. The van der Waals surface area contributed by atoms with Gasteiger partial charge in [-0.3, -0.25) is 0 Å². The van der Waals surface area contributed by atoms with Crippen LogP contribution >= 0.6 is 0 Å². The smallest absolute Gasteiger partial charge is 0.124 e. The molecule has 0 radical (unpaired) electrons. The monoisotopic (exact) mass is 162 g/mol. The molecule has 0 unspecified atom stereocenters. The lowest BCUT2D eigenvalue weighted by atomic mass is 9.96. The second-order valence-electron chi connectivity index (χ2n) is 3.22. The van der Waals surface area contributed by atoms with Crippen LogP contribution in [0.3, 0.4) is 0 Å². The summed E-state index contributed by atoms with van der Waals surface area (Å²) in [5.74, 6) is 0.501. The Morgan fingerprint density at radius 2 is 2.00 bits per heavy atom. The van der Waals surface area contributed by atoms with Gasteiger partial charge in [0.1, 0.15) is 6.29 Å². The highest BCUT2D eigenvalue weighted by Crippen LogP contribution is 2.18. The molecule has 0 N–H and O–H groups in total. The summed E-state index contributed by atoms with van der Waals surface area (Å²) in [7, 11) is 0. The first-order chi connectivity index (χ1) is 5.75. The summed E-state index contributed by atoms with van der Waals surface area (Å²) in [6, 6.07) is 8.10. The minimum absolute atomic E-state index is 0.501. The molecule has 12 heavy (non-hydrogen) atoms. The average Bonchev–Trinajstić information content (AvgIpc) is 2.05. The van der Waals surface area contributed by atoms with Gasteiger partial charge in [0.25, 0.3) is 0 Å². The molecule has 1 heteroatoms. The summed E-state index contributed by atoms with van der Waals surface area (Å²) in [6.07, 6.45) is 1.50. The van der Waals surface area contributed by atoms with E-state index in [2.05, 4.69) is 19.9 Å². The van der Waals surface area contributed by atoms with E-state index in [4.69, 9.17) is 0 Å². The van der Waals surface area contributed by atoms with Gasteiger partial charge in [0, 0.05) is 6.42 Å². The highest BCUT2D eigenvalue weighted by Gasteiger charge is 2.03. The van der Waals surface area contributed by atoms with Gasteiger partial charge in [-0.25, -0.2) is 0 Å². The minimum atomic E-state index is 0.501. The Kier molecular flexibility index (Phi) is 3.03. The summed E-state index contributed by atoms with van der Waals surface area (Å²) in [4.78, 5) is 10.3. The number of hydrogen-bond acceptors (Lipinski definition) is 1. The van der Waals surface area contributed by atoms with Crippen molar-refractivity contribution in [2.45, 2.75) is 26.2 Å². The molecule has 0 bridgehead atoms. The number of carbonyl (C=O) groups is 1. The van der Waals surface area contributed by atoms with Crippen LogP contribution in [-0.2, 0) is 11.2 Å². The molecule has 0 fully saturated rings. The molecule has 0 aliphatic carbocycles. The van der Waals surface area contributed by atoms with E-state index in [-0.39, 0.29) is 0 Å². The molecule has 1 aromatic rings. The molecule has 64 valence electrons. The van der Waals surface area contributed by atoms with Gasteiger partial charge in [0.05, 0.1) is 0 Å². The van der Waals surface area contributed by atoms with Crippen molar-refractivity contribution in [1.29, 1.82) is 0 Å². The van der Waals surface area contributed by atoms with Crippen LogP contribution in [0.25, 0.3) is 0 Å². The first-order valence-corrected chi connectivity index (χ1v) is 4.27. The zero-order chi connectivity index (χ0) is 8.97. The van der Waals surface area contributed by atoms with Crippen LogP contribution in [-0.4, -0.2) is 6.29 Å². The molecule has 0 heterocycles. The van der Waals surface area contributed by atoms with E-state index in [1.807, 2.05) is 18.2 Å². The van der Waals surface area contributed by atoms with Crippen LogP contribution in [0, 0.1) is 0 Å². The van der Waals surface area contributed by atoms with Crippen molar-refractivity contribution >= 4 is 6.29 Å². The third-order valence-electron chi connectivity index (χ3n) is 1.98. The zero-order valence-electron chi connectivity index (χ0n) is 7.58. The Bertz CT molecular complexity index is 263. The molecule has 0 spiro atoms. The van der Waals surface area contributed by atoms with Crippen molar-refractivity contribution in [3.05, 3.63) is 35.4 Å². The maximum absolute atomic E-state index is 10.3. The quantitative estimate of drug-likeness (QED) is 0.624. The highest BCUT2D eigenvalue weighted by atomic mass is 16.1. The number of carbonyl (C=O) groups excluding carboxylic acids is 1. The fraction of sp³-hybridized carbons (Fsp3) is 0.364. The lowest BCUT2D eigenvalue weighted by Crippen LogP contribution is -1.96. The van der Waals surface area contributed by atoms with Crippen LogP contribution in [0.5, 0.6) is 0 Å². The minimum Gasteiger partial charge on any atom is -0.303 e. The first-order valence-electron chi connectivity index (χ1n) is 4.27. The van der Waals surface area contributed by atoms with Gasteiger partial charge in [0.2, 0.25) is 0 Å². The molecular weight excluding hydrogens is 148 g/mol. The molecule has 0 aromatic heterocycles. The molecule has 1 rings (SSSR count). The third-order valence-corrected chi connectivity index (χ3v) is 1.98. The molecule has 0 atom stereocenters. The molecule has 0 aliphatic heterocycles. The summed E-state index contributed by atoms with van der Waals surface area (Å²) in [5.41, 5.74) is 2.44. The number of aldehydes is 1. The van der Waals surface area contributed by atoms with Gasteiger partial charge < -0.3 is 4.79 Å². The van der Waals surface area contributed by atoms with E-state index in [1.54, 1.807) is 0 Å². The van der Waals surface area contributed by atoms with Gasteiger partial charge in [0.15, 0.2) is 0 Å². The first kappa shape index (κ1) is 8.98. The molecular formula is C11H14O. The summed E-state index contributed by atoms with van der Waals surface area (Å²) in [6.45, 7) is 4.28. The topological polar surface area (TPSA) is 17.1 Å². The van der Waals surface area contributed by atoms with Gasteiger partial charge in [-0.15, -0.1) is 0 Å². The number of benzene rings is 1. The van der Waals surface area contributed by atoms with E-state index in [0.29, 0.717) is 12.3 Å². The SMILES string of the molecule is CC(C)c1ccccc1CC=O. The van der Waals surface area contributed by atoms with Crippen molar-refractivity contribution in [3.63, 3.8) is 0 Å². The van der Waals surface area contributed by atoms with Crippen molar-refractivity contribution in [2.75, 3.05) is 0 Å². The summed E-state index contributed by atoms with van der Waals surface area (Å²) >= 11 is 0. The van der Waals surface area contributed by atoms with Crippen LogP contribution in [0.1, 0.15) is 30.9 Å². The van der Waals surface area contributed by atoms with Gasteiger partial charge in [-0.05, 0) is 17.0 Å². The van der Waals surface area contributed by atoms with Crippen molar-refractivity contribution in [1.82, 2.24) is 0 Å². The maximum Gasteiger partial charge on any atom is 0.124 e. The normalized spacial score (nSPS) is 10.2. The standard InChI is InChI=1S/C11H14O/c1-9(2)11-6-4-3-5-10(11)7-8-12/h3-6,8-9H,7H2,1-2H3. The Hall–Kier alpha value is -1.11. The lowest BCUT2D eigenvalue weighted by Gasteiger charge is -2.09. The molecule has 0 amide bonds. The lowest BCUT2D eigenvalue weighted by molar-refractivity contribution is -0.107. The number of rotatable bonds is 3. The average molecular weight is 162 g/mol. The van der Waals surface area contributed by atoms with Crippen LogP contribution < -0.4 is 0 Å². The van der Waals surface area contributed by atoms with Gasteiger partial charge in [-0.1, -0.05) is 38.1 Å². The fourth-order valence-electron chi connectivity index (χ4n) is 1.37. The van der Waals surface area contributed by atoms with E-state index in [9.17, 15) is 4.79 Å². The van der Waals surface area contributed by atoms with Crippen LogP contribution in [0.15, 0.2) is 24.3 Å². The largest absolute Gasteiger partial charge is 0.303 e. The Morgan fingerprint density at radius 3 is 2.58 bits per heavy atom. The van der Waals surface area contributed by atoms with Crippen LogP contribution in [0.2, 0.25) is 0 Å². The van der Waals surface area contributed by atoms with E-state index >= 15 is 0 Å². The predicted octanol–water partition coefficient (Wildman–Crippen LogP) is 2.55. The van der Waals surface area contributed by atoms with Crippen molar-refractivity contribution in [3.8, 4) is 0 Å². The fourth-order valence-corrected chi connectivity index (χ4v) is 1.37. The summed E-state index contributed by atoms with van der Waals surface area (Å²) < 4.78 is 0. The van der Waals surface area contributed by atoms with E-state index < -0.39 is 0 Å². The van der Waals surface area contributed by atoms with Gasteiger partial charge in [-0.2, -0.15) is 0 Å². The second kappa shape index (κ2) is 4.05. The number of hydrogen-bond donors (Lipinski definition) is 0. The molecule has 0 saturated carbocycles. The van der Waals surface area contributed by atoms with Crippen molar-refractivity contribution in [2.24, 2.45) is 0 Å². The Balaban J connectivity index is 2.99. The molecule has 0 aliphatic rings.